The molecule has 2 aliphatic heterocycles. The monoisotopic (exact) mass is 317 g/mol. The summed E-state index contributed by atoms with van der Waals surface area (Å²) in [6.07, 6.45) is 7.34. The van der Waals surface area contributed by atoms with Gasteiger partial charge >= 0.3 is 0 Å². The Balaban J connectivity index is 1.52. The minimum atomic E-state index is -0.662. The Hall–Kier alpha value is -1.87. The predicted molar refractivity (Wildman–Crippen MR) is 79.3 cm³/mol. The van der Waals surface area contributed by atoms with Gasteiger partial charge in [-0.3, -0.25) is 4.68 Å². The number of aromatic nitrogens is 4. The molecule has 23 heavy (non-hydrogen) atoms. The van der Waals surface area contributed by atoms with Crippen LogP contribution >= 0.6 is 0 Å². The highest BCUT2D eigenvalue weighted by Crippen LogP contribution is 2.35. The summed E-state index contributed by atoms with van der Waals surface area (Å²) in [6, 6.07) is -0.615. The Bertz CT molecular complexity index is 664. The highest BCUT2D eigenvalue weighted by Gasteiger charge is 2.51. The van der Waals surface area contributed by atoms with Crippen LogP contribution in [0.3, 0.4) is 0 Å². The van der Waals surface area contributed by atoms with Gasteiger partial charge in [-0.05, 0) is 12.5 Å². The van der Waals surface area contributed by atoms with Crippen molar-refractivity contribution in [2.24, 2.45) is 0 Å². The third-order valence-electron chi connectivity index (χ3n) is 4.32. The lowest BCUT2D eigenvalue weighted by Gasteiger charge is -2.38. The fourth-order valence-electron chi connectivity index (χ4n) is 3.19. The molecule has 8 nitrogen and oxygen atoms in total. The number of ether oxygens (including phenoxy) is 2. The summed E-state index contributed by atoms with van der Waals surface area (Å²) < 4.78 is 13.3. The minimum Gasteiger partial charge on any atom is -0.389 e. The third kappa shape index (κ3) is 2.74. The van der Waals surface area contributed by atoms with Crippen LogP contribution in [0.5, 0.6) is 0 Å². The van der Waals surface area contributed by atoms with E-state index in [1.165, 1.54) is 6.33 Å². The fourth-order valence-corrected chi connectivity index (χ4v) is 3.19. The summed E-state index contributed by atoms with van der Waals surface area (Å²) >= 11 is 0. The van der Waals surface area contributed by atoms with Crippen molar-refractivity contribution in [2.45, 2.75) is 44.1 Å². The van der Waals surface area contributed by atoms with Gasteiger partial charge in [0.1, 0.15) is 18.5 Å². The van der Waals surface area contributed by atoms with Gasteiger partial charge in [0.2, 0.25) is 0 Å². The lowest BCUT2D eigenvalue weighted by Crippen LogP contribution is -2.57. The third-order valence-corrected chi connectivity index (χ3v) is 4.32. The van der Waals surface area contributed by atoms with Crippen LogP contribution < -0.4 is 5.32 Å². The molecule has 0 spiro atoms. The van der Waals surface area contributed by atoms with Crippen LogP contribution in [0.2, 0.25) is 0 Å². The molecule has 5 atom stereocenters. The van der Waals surface area contributed by atoms with E-state index < -0.39 is 12.4 Å². The first-order chi connectivity index (χ1) is 11.2. The standard InChI is InChI=1S/C15H19N5O3/c1-9-2-19-20(6-9)13-14(21)12(11-7-22-15(13)23-11)18-5-10-3-16-8-17-4-10/h2-4,6,8,11-15,18,21H,5,7H2,1H3/t11-,12-,13-,14+,15-/m1/s1. The molecule has 0 aliphatic carbocycles. The quantitative estimate of drug-likeness (QED) is 0.806. The molecule has 2 saturated heterocycles. The predicted octanol–water partition coefficient (Wildman–Crippen LogP) is -0.203. The van der Waals surface area contributed by atoms with Crippen molar-refractivity contribution >= 4 is 0 Å². The smallest absolute Gasteiger partial charge is 0.183 e. The Kier molecular flexibility index (Phi) is 3.82. The second kappa shape index (κ2) is 5.97. The molecule has 2 fully saturated rings. The van der Waals surface area contributed by atoms with Crippen LogP contribution in [0.25, 0.3) is 0 Å². The molecule has 0 unspecified atom stereocenters. The molecule has 2 N–H and O–H groups in total. The van der Waals surface area contributed by atoms with E-state index in [9.17, 15) is 5.11 Å². The van der Waals surface area contributed by atoms with Crippen LogP contribution in [-0.4, -0.2) is 56.0 Å². The molecule has 2 aromatic rings. The second-order valence-electron chi connectivity index (χ2n) is 6.01. The number of aryl methyl sites for hydroxylation is 1. The SMILES string of the molecule is Cc1cnn([C@H]2[C@@H]3OC[C@@H](O3)[C@@H](NCc3cncnc3)[C@@H]2O)c1. The molecule has 8 heteroatoms. The van der Waals surface area contributed by atoms with Crippen molar-refractivity contribution in [2.75, 3.05) is 6.61 Å². The summed E-state index contributed by atoms with van der Waals surface area (Å²) in [5.74, 6) is 0. The number of hydrogen-bond acceptors (Lipinski definition) is 7. The van der Waals surface area contributed by atoms with Gasteiger partial charge in [-0.2, -0.15) is 5.10 Å². The van der Waals surface area contributed by atoms with Crippen molar-refractivity contribution in [3.63, 3.8) is 0 Å². The van der Waals surface area contributed by atoms with E-state index in [2.05, 4.69) is 20.4 Å². The van der Waals surface area contributed by atoms with E-state index in [1.54, 1.807) is 23.3 Å². The molecule has 0 amide bonds. The van der Waals surface area contributed by atoms with E-state index in [0.29, 0.717) is 13.2 Å². The van der Waals surface area contributed by atoms with E-state index in [-0.39, 0.29) is 18.2 Å². The normalized spacial score (nSPS) is 33.0. The second-order valence-corrected chi connectivity index (χ2v) is 6.01. The molecule has 0 radical (unpaired) electrons. The van der Waals surface area contributed by atoms with Crippen LogP contribution in [0.4, 0.5) is 0 Å². The highest BCUT2D eigenvalue weighted by molar-refractivity contribution is 5.07. The molecule has 4 rings (SSSR count). The van der Waals surface area contributed by atoms with E-state index in [0.717, 1.165) is 11.1 Å². The molecule has 122 valence electrons. The van der Waals surface area contributed by atoms with Gasteiger partial charge in [-0.15, -0.1) is 0 Å². The van der Waals surface area contributed by atoms with Gasteiger partial charge in [-0.1, -0.05) is 0 Å². The average molecular weight is 317 g/mol. The van der Waals surface area contributed by atoms with Crippen LogP contribution in [0.15, 0.2) is 31.1 Å². The van der Waals surface area contributed by atoms with E-state index >= 15 is 0 Å². The first-order valence-corrected chi connectivity index (χ1v) is 7.65. The number of nitrogens with zero attached hydrogens (tertiary/aromatic N) is 4. The number of aliphatic hydroxyl groups excluding tert-OH is 1. The molecule has 0 saturated carbocycles. The van der Waals surface area contributed by atoms with Gasteiger partial charge in [0.05, 0.1) is 24.9 Å². The summed E-state index contributed by atoms with van der Waals surface area (Å²) in [5, 5.41) is 18.5. The maximum atomic E-state index is 10.8. The van der Waals surface area contributed by atoms with Gasteiger partial charge in [-0.25, -0.2) is 9.97 Å². The topological polar surface area (TPSA) is 94.3 Å². The lowest BCUT2D eigenvalue weighted by atomic mass is 9.96. The summed E-state index contributed by atoms with van der Waals surface area (Å²) in [7, 11) is 0. The zero-order valence-electron chi connectivity index (χ0n) is 12.7. The number of hydrogen-bond donors (Lipinski definition) is 2. The first kappa shape index (κ1) is 14.7. The molecule has 4 heterocycles. The Morgan fingerprint density at radius 2 is 2.17 bits per heavy atom. The summed E-state index contributed by atoms with van der Waals surface area (Å²) in [5.41, 5.74) is 1.98. The van der Waals surface area contributed by atoms with Gasteiger partial charge in [0.25, 0.3) is 0 Å². The molecule has 2 aromatic heterocycles. The summed E-state index contributed by atoms with van der Waals surface area (Å²) in [4.78, 5) is 7.99. The van der Waals surface area contributed by atoms with Crippen molar-refractivity contribution in [3.05, 3.63) is 42.2 Å². The molecule has 2 bridgehead atoms. The number of rotatable bonds is 4. The average Bonchev–Trinajstić information content (AvgIpc) is 3.17. The van der Waals surface area contributed by atoms with Gasteiger partial charge < -0.3 is 19.9 Å². The molecular weight excluding hydrogens is 298 g/mol. The number of fused-ring (bicyclic) bond motifs is 2. The number of nitrogens with one attached hydrogen (secondary N) is 1. The Labute approximate surface area is 133 Å². The van der Waals surface area contributed by atoms with Crippen molar-refractivity contribution < 1.29 is 14.6 Å². The van der Waals surface area contributed by atoms with E-state index in [4.69, 9.17) is 9.47 Å². The fraction of sp³-hybridized carbons (Fsp3) is 0.533. The molecular formula is C15H19N5O3. The highest BCUT2D eigenvalue weighted by atomic mass is 16.7. The number of aliphatic hydroxyl groups is 1. The zero-order valence-corrected chi connectivity index (χ0v) is 12.7. The maximum Gasteiger partial charge on any atom is 0.183 e. The molecule has 0 aromatic carbocycles. The Morgan fingerprint density at radius 3 is 2.91 bits per heavy atom. The van der Waals surface area contributed by atoms with Gasteiger partial charge in [0, 0.05) is 30.7 Å². The largest absolute Gasteiger partial charge is 0.389 e. The summed E-state index contributed by atoms with van der Waals surface area (Å²) in [6.45, 7) is 2.97. The maximum absolute atomic E-state index is 10.8. The van der Waals surface area contributed by atoms with Crippen molar-refractivity contribution in [3.8, 4) is 0 Å². The van der Waals surface area contributed by atoms with Crippen LogP contribution in [0, 0.1) is 6.92 Å². The minimum absolute atomic E-state index is 0.174. The van der Waals surface area contributed by atoms with Crippen molar-refractivity contribution in [1.82, 2.24) is 25.1 Å². The Morgan fingerprint density at radius 1 is 1.35 bits per heavy atom. The van der Waals surface area contributed by atoms with E-state index in [1.807, 2.05) is 13.1 Å². The zero-order chi connectivity index (χ0) is 15.8. The van der Waals surface area contributed by atoms with Gasteiger partial charge in [0.15, 0.2) is 6.29 Å². The van der Waals surface area contributed by atoms with Crippen LogP contribution in [-0.2, 0) is 16.0 Å². The van der Waals surface area contributed by atoms with Crippen molar-refractivity contribution in [1.29, 1.82) is 0 Å². The first-order valence-electron chi connectivity index (χ1n) is 7.65. The lowest BCUT2D eigenvalue weighted by molar-refractivity contribution is -0.168. The van der Waals surface area contributed by atoms with Crippen LogP contribution in [0.1, 0.15) is 17.2 Å². The molecule has 2 aliphatic rings.